The first-order chi connectivity index (χ1) is 16.0. The Morgan fingerprint density at radius 2 is 1.67 bits per heavy atom. The smallest absolute Gasteiger partial charge is 0.307 e. The van der Waals surface area contributed by atoms with Crippen LogP contribution in [0.25, 0.3) is 0 Å². The van der Waals surface area contributed by atoms with Gasteiger partial charge in [0.2, 0.25) is 5.95 Å². The van der Waals surface area contributed by atoms with Crippen molar-refractivity contribution in [3.8, 4) is 0 Å². The van der Waals surface area contributed by atoms with Gasteiger partial charge in [0, 0.05) is 50.6 Å². The molecule has 0 radical (unpaired) electrons. The van der Waals surface area contributed by atoms with Crippen LogP contribution in [0.1, 0.15) is 54.1 Å². The summed E-state index contributed by atoms with van der Waals surface area (Å²) in [5, 5.41) is 0. The highest BCUT2D eigenvalue weighted by Gasteiger charge is 2.28. The van der Waals surface area contributed by atoms with Gasteiger partial charge in [-0.05, 0) is 55.9 Å². The number of ketones is 1. The van der Waals surface area contributed by atoms with Gasteiger partial charge < -0.3 is 14.5 Å². The predicted molar refractivity (Wildman–Crippen MR) is 123 cm³/mol. The number of benzene rings is 1. The normalized spacial score (nSPS) is 16.6. The highest BCUT2D eigenvalue weighted by atomic mass is 16.5. The number of carbonyl (C=O) groups is 3. The van der Waals surface area contributed by atoms with E-state index in [1.165, 1.54) is 17.5 Å². The molecule has 1 atom stereocenters. The average molecular weight is 451 g/mol. The molecule has 174 valence electrons. The maximum absolute atomic E-state index is 12.7. The number of hydrogen-bond acceptors (Lipinski definition) is 7. The van der Waals surface area contributed by atoms with Crippen molar-refractivity contribution in [1.82, 2.24) is 14.9 Å². The molecule has 2 aliphatic rings. The van der Waals surface area contributed by atoms with Crippen molar-refractivity contribution in [3.63, 3.8) is 0 Å². The maximum Gasteiger partial charge on any atom is 0.307 e. The largest absolute Gasteiger partial charge is 0.453 e. The van der Waals surface area contributed by atoms with Crippen molar-refractivity contribution in [2.24, 2.45) is 0 Å². The molecule has 0 N–H and O–H groups in total. The minimum atomic E-state index is -0.879. The van der Waals surface area contributed by atoms with Crippen LogP contribution >= 0.6 is 0 Å². The number of aromatic nitrogens is 2. The van der Waals surface area contributed by atoms with Gasteiger partial charge in [-0.1, -0.05) is 12.1 Å². The Hall–Kier alpha value is -3.29. The Labute approximate surface area is 194 Å². The van der Waals surface area contributed by atoms with E-state index in [0.29, 0.717) is 37.7 Å². The van der Waals surface area contributed by atoms with Crippen LogP contribution in [0.5, 0.6) is 0 Å². The van der Waals surface area contributed by atoms with Crippen LogP contribution < -0.4 is 4.90 Å². The zero-order valence-corrected chi connectivity index (χ0v) is 19.0. The number of anilines is 1. The number of ether oxygens (including phenoxy) is 1. The summed E-state index contributed by atoms with van der Waals surface area (Å²) < 4.78 is 5.33. The molecule has 1 aliphatic heterocycles. The third-order valence-electron chi connectivity index (χ3n) is 6.31. The van der Waals surface area contributed by atoms with Gasteiger partial charge in [0.05, 0.1) is 6.42 Å². The molecule has 1 unspecified atom stereocenters. The van der Waals surface area contributed by atoms with Gasteiger partial charge in [-0.2, -0.15) is 0 Å². The Balaban J connectivity index is 1.21. The van der Waals surface area contributed by atoms with Crippen LogP contribution in [-0.2, 0) is 27.2 Å². The first kappa shape index (κ1) is 22.9. The second kappa shape index (κ2) is 10.6. The highest BCUT2D eigenvalue weighted by molar-refractivity contribution is 5.98. The molecule has 1 fully saturated rings. The molecule has 8 heteroatoms. The number of hydrogen-bond donors (Lipinski definition) is 0. The Morgan fingerprint density at radius 1 is 0.970 bits per heavy atom. The topological polar surface area (TPSA) is 92.7 Å². The molecule has 0 spiro atoms. The summed E-state index contributed by atoms with van der Waals surface area (Å²) in [5.41, 5.74) is 3.21. The van der Waals surface area contributed by atoms with E-state index >= 15 is 0 Å². The molecule has 2 aromatic rings. The molecule has 8 nitrogen and oxygen atoms in total. The summed E-state index contributed by atoms with van der Waals surface area (Å²) in [6.07, 6.45) is 6.96. The second-order valence-electron chi connectivity index (χ2n) is 8.61. The number of carbonyl (C=O) groups excluding carboxylic acids is 3. The van der Waals surface area contributed by atoms with Crippen molar-refractivity contribution in [2.45, 2.75) is 51.6 Å². The molecule has 2 heterocycles. The summed E-state index contributed by atoms with van der Waals surface area (Å²) in [5.74, 6) is -0.178. The number of fused-ring (bicyclic) bond motifs is 1. The molecular formula is C25H30N4O4. The average Bonchev–Trinajstić information content (AvgIpc) is 2.87. The number of esters is 1. The third-order valence-corrected chi connectivity index (χ3v) is 6.31. The van der Waals surface area contributed by atoms with Crippen LogP contribution in [0, 0.1) is 0 Å². The summed E-state index contributed by atoms with van der Waals surface area (Å²) >= 11 is 0. The molecule has 1 saturated heterocycles. The van der Waals surface area contributed by atoms with E-state index in [1.54, 1.807) is 30.3 Å². The van der Waals surface area contributed by atoms with E-state index in [1.807, 2.05) is 23.1 Å². The van der Waals surface area contributed by atoms with Crippen LogP contribution in [-0.4, -0.2) is 64.8 Å². The molecule has 0 saturated carbocycles. The molecule has 1 aromatic carbocycles. The van der Waals surface area contributed by atoms with Crippen LogP contribution in [0.15, 0.2) is 36.7 Å². The second-order valence-corrected chi connectivity index (χ2v) is 8.61. The van der Waals surface area contributed by atoms with Gasteiger partial charge in [0.25, 0.3) is 5.91 Å². The Bertz CT molecular complexity index is 1000. The van der Waals surface area contributed by atoms with E-state index in [2.05, 4.69) is 9.97 Å². The first-order valence-electron chi connectivity index (χ1n) is 11.7. The zero-order chi connectivity index (χ0) is 23.2. The van der Waals surface area contributed by atoms with Crippen molar-refractivity contribution in [3.05, 3.63) is 53.3 Å². The van der Waals surface area contributed by atoms with Crippen molar-refractivity contribution >= 4 is 23.6 Å². The number of piperazine rings is 1. The molecule has 1 aromatic heterocycles. The lowest BCUT2D eigenvalue weighted by molar-refractivity contribution is -0.159. The van der Waals surface area contributed by atoms with E-state index in [9.17, 15) is 14.4 Å². The number of rotatable bonds is 7. The molecule has 0 bridgehead atoms. The standard InChI is InChI=1S/C25H30N4O4/c1-18(24(32)28-13-15-29(16-14-28)25-26-11-4-12-27-25)33-23(31)10-9-22(30)21-8-7-19-5-2-3-6-20(19)17-21/h4,7-8,11-12,17-18H,2-3,5-6,9-10,13-16H2,1H3. The highest BCUT2D eigenvalue weighted by Crippen LogP contribution is 2.23. The third kappa shape index (κ3) is 5.74. The fourth-order valence-corrected chi connectivity index (χ4v) is 4.41. The van der Waals surface area contributed by atoms with Gasteiger partial charge in [-0.15, -0.1) is 0 Å². The number of Topliss-reactive ketones (excluding diaryl/α,β-unsaturated/α-hetero) is 1. The molecule has 33 heavy (non-hydrogen) atoms. The molecular weight excluding hydrogens is 420 g/mol. The van der Waals surface area contributed by atoms with Gasteiger partial charge in [-0.3, -0.25) is 14.4 Å². The number of amides is 1. The molecule has 1 aliphatic carbocycles. The lowest BCUT2D eigenvalue weighted by Crippen LogP contribution is -2.52. The van der Waals surface area contributed by atoms with Crippen LogP contribution in [0.2, 0.25) is 0 Å². The molecule has 1 amide bonds. The van der Waals surface area contributed by atoms with Crippen LogP contribution in [0.4, 0.5) is 5.95 Å². The predicted octanol–water partition coefficient (Wildman–Crippen LogP) is 2.60. The number of aryl methyl sites for hydroxylation is 2. The van der Waals surface area contributed by atoms with Crippen molar-refractivity contribution < 1.29 is 19.1 Å². The van der Waals surface area contributed by atoms with Gasteiger partial charge in [0.15, 0.2) is 11.9 Å². The van der Waals surface area contributed by atoms with Gasteiger partial charge in [0.1, 0.15) is 0 Å². The minimum Gasteiger partial charge on any atom is -0.453 e. The minimum absolute atomic E-state index is 0.0351. The summed E-state index contributed by atoms with van der Waals surface area (Å²) in [6, 6.07) is 7.61. The van der Waals surface area contributed by atoms with E-state index in [4.69, 9.17) is 4.74 Å². The zero-order valence-electron chi connectivity index (χ0n) is 19.0. The lowest BCUT2D eigenvalue weighted by Gasteiger charge is -2.35. The quantitative estimate of drug-likeness (QED) is 0.473. The summed E-state index contributed by atoms with van der Waals surface area (Å²) in [6.45, 7) is 3.83. The van der Waals surface area contributed by atoms with E-state index < -0.39 is 12.1 Å². The van der Waals surface area contributed by atoms with E-state index in [-0.39, 0.29) is 24.5 Å². The summed E-state index contributed by atoms with van der Waals surface area (Å²) in [7, 11) is 0. The summed E-state index contributed by atoms with van der Waals surface area (Å²) in [4.78, 5) is 49.7. The molecule has 4 rings (SSSR count). The monoisotopic (exact) mass is 450 g/mol. The van der Waals surface area contributed by atoms with Crippen molar-refractivity contribution in [1.29, 1.82) is 0 Å². The Kier molecular flexibility index (Phi) is 7.32. The fraction of sp³-hybridized carbons (Fsp3) is 0.480. The van der Waals surface area contributed by atoms with E-state index in [0.717, 1.165) is 19.3 Å². The van der Waals surface area contributed by atoms with Crippen molar-refractivity contribution in [2.75, 3.05) is 31.1 Å². The SMILES string of the molecule is CC(OC(=O)CCC(=O)c1ccc2c(c1)CCCC2)C(=O)N1CCN(c2ncccn2)CC1. The maximum atomic E-state index is 12.7. The fourth-order valence-electron chi connectivity index (χ4n) is 4.41. The van der Waals surface area contributed by atoms with Gasteiger partial charge in [-0.25, -0.2) is 9.97 Å². The van der Waals surface area contributed by atoms with Gasteiger partial charge >= 0.3 is 5.97 Å². The van der Waals surface area contributed by atoms with Crippen LogP contribution in [0.3, 0.4) is 0 Å². The Morgan fingerprint density at radius 3 is 2.39 bits per heavy atom. The lowest BCUT2D eigenvalue weighted by atomic mass is 9.89. The first-order valence-corrected chi connectivity index (χ1v) is 11.7. The number of nitrogens with zero attached hydrogens (tertiary/aromatic N) is 4.